The van der Waals surface area contributed by atoms with Gasteiger partial charge >= 0.3 is 18.9 Å². The molecule has 0 aliphatic rings. The van der Waals surface area contributed by atoms with Crippen molar-refractivity contribution in [2.45, 2.75) is 27.2 Å². The minimum Gasteiger partial charge on any atom is -0.288 e. The molecule has 86 valence electrons. The molecule has 1 aromatic rings. The monoisotopic (exact) mass is 221 g/mol. The Bertz CT molecular complexity index is 319. The first-order valence-electron chi connectivity index (χ1n) is 5.51. The molecule has 0 spiro atoms. The average molecular weight is 221 g/mol. The molecule has 1 heteroatoms. The van der Waals surface area contributed by atoms with E-state index in [0.717, 1.165) is 17.6 Å². The predicted molar refractivity (Wildman–Crippen MR) is 75.8 cm³/mol. The van der Waals surface area contributed by atoms with Crippen LogP contribution >= 0.6 is 0 Å². The zero-order valence-corrected chi connectivity index (χ0v) is 11.7. The quantitative estimate of drug-likeness (QED) is 0.542. The summed E-state index contributed by atoms with van der Waals surface area (Å²) in [5.41, 5.74) is 4.57. The molecular formula is C16H22Li+. The van der Waals surface area contributed by atoms with Crippen molar-refractivity contribution < 1.29 is 18.9 Å². The third-order valence-corrected chi connectivity index (χ3v) is 2.14. The van der Waals surface area contributed by atoms with Crippen molar-refractivity contribution >= 4 is 11.1 Å². The van der Waals surface area contributed by atoms with Gasteiger partial charge in [-0.2, -0.15) is 6.92 Å². The molecule has 0 unspecified atom stereocenters. The summed E-state index contributed by atoms with van der Waals surface area (Å²) in [6.07, 6.45) is 2.96. The fourth-order valence-corrected chi connectivity index (χ4v) is 1.05. The normalized spacial score (nSPS) is 8.41. The van der Waals surface area contributed by atoms with E-state index in [1.807, 2.05) is 33.3 Å². The number of hydrogen-bond donors (Lipinski definition) is 0. The fraction of sp³-hybridized carbons (Fsp3) is 0.250. The van der Waals surface area contributed by atoms with Crippen LogP contribution in [0, 0.1) is 13.3 Å². The molecule has 0 saturated carbocycles. The van der Waals surface area contributed by atoms with Crippen molar-refractivity contribution in [2.24, 2.45) is 0 Å². The Balaban J connectivity index is 0. The summed E-state index contributed by atoms with van der Waals surface area (Å²) in [6.45, 7) is 17.4. The Morgan fingerprint density at radius 1 is 1.18 bits per heavy atom. The molecule has 0 aliphatic heterocycles. The molecule has 1 aromatic carbocycles. The van der Waals surface area contributed by atoms with Crippen LogP contribution in [0.15, 0.2) is 37.4 Å². The summed E-state index contributed by atoms with van der Waals surface area (Å²) < 4.78 is 0. The third-order valence-electron chi connectivity index (χ3n) is 2.14. The summed E-state index contributed by atoms with van der Waals surface area (Å²) in [5.74, 6) is 0. The zero-order chi connectivity index (χ0) is 12.6. The van der Waals surface area contributed by atoms with Gasteiger partial charge in [0.05, 0.1) is 0 Å². The first-order chi connectivity index (χ1) is 7.52. The van der Waals surface area contributed by atoms with Gasteiger partial charge in [0.2, 0.25) is 0 Å². The van der Waals surface area contributed by atoms with Gasteiger partial charge in [-0.3, -0.25) is 6.42 Å². The van der Waals surface area contributed by atoms with Crippen molar-refractivity contribution in [1.82, 2.24) is 0 Å². The molecule has 17 heavy (non-hydrogen) atoms. The van der Waals surface area contributed by atoms with Crippen LogP contribution in [0.2, 0.25) is 0 Å². The van der Waals surface area contributed by atoms with Gasteiger partial charge in [-0.1, -0.05) is 42.5 Å². The van der Waals surface area contributed by atoms with Crippen LogP contribution in [0.4, 0.5) is 0 Å². The van der Waals surface area contributed by atoms with Crippen LogP contribution in [-0.4, -0.2) is 0 Å². The van der Waals surface area contributed by atoms with Gasteiger partial charge in [0, 0.05) is 6.92 Å². The van der Waals surface area contributed by atoms with Crippen LogP contribution in [-0.2, 0) is 0 Å². The second kappa shape index (κ2) is 10.3. The SMILES string of the molecule is C=C(C)c1cccc(C(=C)C)c1.[CH2+]C[CH-]C.[Li+]. The molecular weight excluding hydrogens is 199 g/mol. The molecule has 0 bridgehead atoms. The molecule has 0 heterocycles. The molecule has 0 nitrogen and oxygen atoms in total. The molecule has 0 fully saturated rings. The van der Waals surface area contributed by atoms with E-state index in [1.165, 1.54) is 11.1 Å². The van der Waals surface area contributed by atoms with Gasteiger partial charge in [0.15, 0.2) is 0 Å². The van der Waals surface area contributed by atoms with E-state index in [0.29, 0.717) is 0 Å². The number of allylic oxidation sites excluding steroid dienone is 2. The van der Waals surface area contributed by atoms with E-state index in [-0.39, 0.29) is 18.9 Å². The molecule has 0 aromatic heterocycles. The van der Waals surface area contributed by atoms with Crippen LogP contribution < -0.4 is 18.9 Å². The van der Waals surface area contributed by atoms with Crippen molar-refractivity contribution in [2.75, 3.05) is 0 Å². The number of rotatable bonds is 3. The maximum Gasteiger partial charge on any atom is 1.00 e. The van der Waals surface area contributed by atoms with Crippen molar-refractivity contribution in [1.29, 1.82) is 0 Å². The largest absolute Gasteiger partial charge is 1.00 e. The molecule has 0 atom stereocenters. The molecule has 0 aliphatic carbocycles. The van der Waals surface area contributed by atoms with E-state index in [4.69, 9.17) is 0 Å². The zero-order valence-electron chi connectivity index (χ0n) is 11.7. The van der Waals surface area contributed by atoms with Crippen LogP contribution in [0.5, 0.6) is 0 Å². The maximum absolute atomic E-state index is 3.90. The van der Waals surface area contributed by atoms with Crippen LogP contribution in [0.1, 0.15) is 38.3 Å². The summed E-state index contributed by atoms with van der Waals surface area (Å²) in [6, 6.07) is 8.28. The number of unbranched alkanes of at least 4 members (excludes halogenated alkanes) is 1. The van der Waals surface area contributed by atoms with E-state index in [2.05, 4.69) is 38.3 Å². The number of hydrogen-bond acceptors (Lipinski definition) is 0. The summed E-state index contributed by atoms with van der Waals surface area (Å²) in [7, 11) is 0. The van der Waals surface area contributed by atoms with Gasteiger partial charge < -0.3 is 0 Å². The predicted octanol–water partition coefficient (Wildman–Crippen LogP) is 2.19. The van der Waals surface area contributed by atoms with Crippen LogP contribution in [0.25, 0.3) is 11.1 Å². The van der Waals surface area contributed by atoms with E-state index in [9.17, 15) is 0 Å². The Hall–Kier alpha value is -0.833. The van der Waals surface area contributed by atoms with E-state index >= 15 is 0 Å². The Labute approximate surface area is 119 Å². The third kappa shape index (κ3) is 7.97. The standard InChI is InChI=1S/C12H14.C4H8.Li/c1-9(2)11-6-5-7-12(8-11)10(3)4;1-3-4-2;/h5-8H,1,3H2,2,4H3;4H,1,3H2,2H3;/q;;+1. The molecule has 1 rings (SSSR count). The minimum atomic E-state index is 0. The molecule has 0 saturated heterocycles. The first kappa shape index (κ1) is 18.5. The Morgan fingerprint density at radius 2 is 1.53 bits per heavy atom. The number of benzene rings is 1. The Morgan fingerprint density at radius 3 is 1.76 bits per heavy atom. The summed E-state index contributed by atoms with van der Waals surface area (Å²) >= 11 is 0. The van der Waals surface area contributed by atoms with E-state index in [1.54, 1.807) is 0 Å². The van der Waals surface area contributed by atoms with Crippen LogP contribution in [0.3, 0.4) is 0 Å². The smallest absolute Gasteiger partial charge is 0.288 e. The van der Waals surface area contributed by atoms with Gasteiger partial charge in [-0.05, 0) is 37.5 Å². The van der Waals surface area contributed by atoms with Crippen molar-refractivity contribution in [3.63, 3.8) is 0 Å². The van der Waals surface area contributed by atoms with Gasteiger partial charge in [-0.15, -0.1) is 0 Å². The molecule has 0 radical (unpaired) electrons. The average Bonchev–Trinajstić information content (AvgIpc) is 2.29. The van der Waals surface area contributed by atoms with Gasteiger partial charge in [0.1, 0.15) is 0 Å². The van der Waals surface area contributed by atoms with Crippen molar-refractivity contribution in [3.05, 3.63) is 61.9 Å². The molecule has 0 N–H and O–H groups in total. The van der Waals surface area contributed by atoms with Crippen molar-refractivity contribution in [3.8, 4) is 0 Å². The maximum atomic E-state index is 3.90. The van der Waals surface area contributed by atoms with E-state index < -0.39 is 0 Å². The molecule has 0 amide bonds. The fourth-order valence-electron chi connectivity index (χ4n) is 1.05. The summed E-state index contributed by atoms with van der Waals surface area (Å²) in [5, 5.41) is 0. The second-order valence-electron chi connectivity index (χ2n) is 3.84. The van der Waals surface area contributed by atoms with Gasteiger partial charge in [0.25, 0.3) is 0 Å². The first-order valence-corrected chi connectivity index (χ1v) is 5.51. The van der Waals surface area contributed by atoms with Gasteiger partial charge in [-0.25, -0.2) is 0 Å². The topological polar surface area (TPSA) is 0 Å². The second-order valence-corrected chi connectivity index (χ2v) is 3.84. The summed E-state index contributed by atoms with van der Waals surface area (Å²) in [4.78, 5) is 0. The Kier molecular flexibility index (Phi) is 11.3. The minimum absolute atomic E-state index is 0.